The largest absolute Gasteiger partial charge is 0.381 e. The minimum atomic E-state index is -0.412. The van der Waals surface area contributed by atoms with Gasteiger partial charge < -0.3 is 15.4 Å². The highest BCUT2D eigenvalue weighted by atomic mass is 16.6. The van der Waals surface area contributed by atoms with Crippen molar-refractivity contribution in [2.75, 3.05) is 24.3 Å². The van der Waals surface area contributed by atoms with Gasteiger partial charge in [0.2, 0.25) is 5.82 Å². The van der Waals surface area contributed by atoms with Gasteiger partial charge in [0, 0.05) is 31.2 Å². The predicted octanol–water partition coefficient (Wildman–Crippen LogP) is 2.65. The van der Waals surface area contributed by atoms with Crippen molar-refractivity contribution >= 4 is 17.3 Å². The van der Waals surface area contributed by atoms with Gasteiger partial charge >= 0.3 is 5.69 Å². The van der Waals surface area contributed by atoms with Crippen LogP contribution in [0.3, 0.4) is 0 Å². The van der Waals surface area contributed by atoms with E-state index in [0.29, 0.717) is 18.2 Å². The molecule has 1 fully saturated rings. The number of anilines is 2. The Balaban J connectivity index is 2.22. The van der Waals surface area contributed by atoms with Gasteiger partial charge in [-0.25, -0.2) is 4.98 Å². The van der Waals surface area contributed by atoms with Crippen molar-refractivity contribution in [3.8, 4) is 0 Å². The molecule has 7 nitrogen and oxygen atoms in total. The quantitative estimate of drug-likeness (QED) is 0.619. The summed E-state index contributed by atoms with van der Waals surface area (Å²) in [6.45, 7) is 6.84. The van der Waals surface area contributed by atoms with Crippen LogP contribution in [0, 0.1) is 15.5 Å². The number of pyridine rings is 1. The smallest absolute Gasteiger partial charge is 0.311 e. The first kappa shape index (κ1) is 15.5. The van der Waals surface area contributed by atoms with Crippen molar-refractivity contribution in [2.24, 2.45) is 5.41 Å². The summed E-state index contributed by atoms with van der Waals surface area (Å²) in [5.74, 6) is 0.942. The number of aromatic nitrogens is 1. The number of ether oxygens (including phenoxy) is 1. The number of nitrogens with zero attached hydrogens (tertiary/aromatic N) is 2. The van der Waals surface area contributed by atoms with E-state index >= 15 is 0 Å². The Morgan fingerprint density at radius 1 is 1.52 bits per heavy atom. The average Bonchev–Trinajstić information content (AvgIpc) is 2.43. The third-order valence-electron chi connectivity index (χ3n) is 4.20. The van der Waals surface area contributed by atoms with Gasteiger partial charge in [-0.15, -0.1) is 0 Å². The zero-order chi connectivity index (χ0) is 15.6. The van der Waals surface area contributed by atoms with Crippen LogP contribution in [-0.4, -0.2) is 35.7 Å². The molecule has 0 amide bonds. The lowest BCUT2D eigenvalue weighted by Gasteiger charge is -2.51. The molecule has 2 atom stereocenters. The van der Waals surface area contributed by atoms with Crippen LogP contribution in [0.4, 0.5) is 17.3 Å². The van der Waals surface area contributed by atoms with Crippen LogP contribution in [0.1, 0.15) is 27.2 Å². The maximum Gasteiger partial charge on any atom is 0.311 e. The summed E-state index contributed by atoms with van der Waals surface area (Å²) < 4.78 is 5.40. The fourth-order valence-electron chi connectivity index (χ4n) is 2.68. The topological polar surface area (TPSA) is 89.3 Å². The molecule has 1 aliphatic carbocycles. The molecular formula is C14H22N4O3. The summed E-state index contributed by atoms with van der Waals surface area (Å²) in [6.07, 6.45) is 0.972. The molecule has 1 aliphatic rings. The molecule has 1 aromatic rings. The number of hydrogen-bond donors (Lipinski definition) is 2. The lowest BCUT2D eigenvalue weighted by atomic mass is 9.64. The normalized spacial score (nSPS) is 23.2. The lowest BCUT2D eigenvalue weighted by molar-refractivity contribution is -0.384. The Morgan fingerprint density at radius 3 is 2.76 bits per heavy atom. The minimum absolute atomic E-state index is 0.00619. The van der Waals surface area contributed by atoms with Gasteiger partial charge in [-0.2, -0.15) is 0 Å². The second-order valence-electron chi connectivity index (χ2n) is 5.83. The Morgan fingerprint density at radius 2 is 2.24 bits per heavy atom. The minimum Gasteiger partial charge on any atom is -0.381 e. The van der Waals surface area contributed by atoms with Gasteiger partial charge in [-0.05, 0) is 19.4 Å². The Labute approximate surface area is 124 Å². The van der Waals surface area contributed by atoms with Crippen molar-refractivity contribution in [1.82, 2.24) is 4.98 Å². The van der Waals surface area contributed by atoms with Crippen LogP contribution < -0.4 is 10.6 Å². The molecule has 0 bridgehead atoms. The fraction of sp³-hybridized carbons (Fsp3) is 0.643. The molecule has 2 unspecified atom stereocenters. The molecule has 2 rings (SSSR count). The van der Waals surface area contributed by atoms with Crippen LogP contribution in [0.5, 0.6) is 0 Å². The first-order valence-electron chi connectivity index (χ1n) is 7.08. The molecular weight excluding hydrogens is 272 g/mol. The molecule has 0 aliphatic heterocycles. The van der Waals surface area contributed by atoms with E-state index in [0.717, 1.165) is 6.42 Å². The van der Waals surface area contributed by atoms with Crippen LogP contribution >= 0.6 is 0 Å². The molecule has 1 saturated carbocycles. The summed E-state index contributed by atoms with van der Waals surface area (Å²) in [7, 11) is 1.69. The van der Waals surface area contributed by atoms with Crippen LogP contribution in [0.2, 0.25) is 0 Å². The van der Waals surface area contributed by atoms with Crippen molar-refractivity contribution < 1.29 is 9.66 Å². The summed E-state index contributed by atoms with van der Waals surface area (Å²) in [5.41, 5.74) is -0.0910. The molecule has 0 aromatic carbocycles. The number of rotatable bonds is 6. The Bertz CT molecular complexity index is 533. The van der Waals surface area contributed by atoms with E-state index in [1.807, 2.05) is 6.92 Å². The number of nitro groups is 1. The van der Waals surface area contributed by atoms with E-state index in [1.54, 1.807) is 13.2 Å². The van der Waals surface area contributed by atoms with Crippen LogP contribution in [0.25, 0.3) is 0 Å². The zero-order valence-corrected chi connectivity index (χ0v) is 12.8. The molecule has 7 heteroatoms. The second-order valence-corrected chi connectivity index (χ2v) is 5.83. The second kappa shape index (κ2) is 5.85. The fourth-order valence-corrected chi connectivity index (χ4v) is 2.68. The maximum absolute atomic E-state index is 11.1. The van der Waals surface area contributed by atoms with E-state index < -0.39 is 4.92 Å². The van der Waals surface area contributed by atoms with E-state index in [9.17, 15) is 10.1 Å². The van der Waals surface area contributed by atoms with Gasteiger partial charge in [0.05, 0.1) is 11.0 Å². The zero-order valence-electron chi connectivity index (χ0n) is 12.8. The van der Waals surface area contributed by atoms with Crippen molar-refractivity contribution in [3.05, 3.63) is 22.2 Å². The Hall–Kier alpha value is -1.89. The van der Waals surface area contributed by atoms with Gasteiger partial charge in [0.15, 0.2) is 0 Å². The Kier molecular flexibility index (Phi) is 4.32. The monoisotopic (exact) mass is 294 g/mol. The third kappa shape index (κ3) is 2.92. The lowest BCUT2D eigenvalue weighted by Crippen LogP contribution is -2.57. The highest BCUT2D eigenvalue weighted by Crippen LogP contribution is 2.44. The van der Waals surface area contributed by atoms with E-state index in [-0.39, 0.29) is 23.2 Å². The first-order valence-corrected chi connectivity index (χ1v) is 7.08. The van der Waals surface area contributed by atoms with Crippen LogP contribution in [-0.2, 0) is 4.74 Å². The highest BCUT2D eigenvalue weighted by molar-refractivity contribution is 5.61. The molecule has 0 saturated heterocycles. The third-order valence-corrected chi connectivity index (χ3v) is 4.20. The molecule has 0 spiro atoms. The summed E-state index contributed by atoms with van der Waals surface area (Å²) in [6, 6.07) is 3.20. The first-order chi connectivity index (χ1) is 9.90. The number of methoxy groups -OCH3 is 1. The SMILES string of the molecule is CCNc1ccc([N+](=O)[O-])c(NC2CC(OC)C2(C)C)n1. The molecule has 21 heavy (non-hydrogen) atoms. The molecule has 0 radical (unpaired) electrons. The van der Waals surface area contributed by atoms with E-state index in [4.69, 9.17) is 4.74 Å². The average molecular weight is 294 g/mol. The number of hydrogen-bond acceptors (Lipinski definition) is 6. The molecule has 2 N–H and O–H groups in total. The summed E-state index contributed by atoms with van der Waals surface area (Å²) in [5, 5.41) is 17.4. The van der Waals surface area contributed by atoms with Gasteiger partial charge in [-0.3, -0.25) is 10.1 Å². The predicted molar refractivity (Wildman–Crippen MR) is 81.7 cm³/mol. The van der Waals surface area contributed by atoms with Gasteiger partial charge in [0.25, 0.3) is 0 Å². The summed E-state index contributed by atoms with van der Waals surface area (Å²) >= 11 is 0. The summed E-state index contributed by atoms with van der Waals surface area (Å²) in [4.78, 5) is 15.0. The van der Waals surface area contributed by atoms with Crippen LogP contribution in [0.15, 0.2) is 12.1 Å². The van der Waals surface area contributed by atoms with Gasteiger partial charge in [0.1, 0.15) is 5.82 Å². The van der Waals surface area contributed by atoms with Gasteiger partial charge in [-0.1, -0.05) is 13.8 Å². The van der Waals surface area contributed by atoms with Crippen molar-refractivity contribution in [3.63, 3.8) is 0 Å². The molecule has 1 aromatic heterocycles. The maximum atomic E-state index is 11.1. The highest BCUT2D eigenvalue weighted by Gasteiger charge is 2.49. The number of nitrogens with one attached hydrogen (secondary N) is 2. The van der Waals surface area contributed by atoms with E-state index in [2.05, 4.69) is 29.5 Å². The van der Waals surface area contributed by atoms with E-state index in [1.165, 1.54) is 6.07 Å². The van der Waals surface area contributed by atoms with Crippen molar-refractivity contribution in [2.45, 2.75) is 39.3 Å². The molecule has 1 heterocycles. The molecule has 116 valence electrons. The standard InChI is InChI=1S/C14H22N4O3/c1-5-15-12-7-6-9(18(19)20)13(17-12)16-10-8-11(21-4)14(10,2)3/h6-7,10-11H,5,8H2,1-4H3,(H2,15,16,17). The van der Waals surface area contributed by atoms with Crippen molar-refractivity contribution in [1.29, 1.82) is 0 Å².